The maximum atomic E-state index is 12.3. The van der Waals surface area contributed by atoms with Gasteiger partial charge in [-0.1, -0.05) is 24.0 Å². The monoisotopic (exact) mass is 380 g/mol. The number of benzene rings is 1. The van der Waals surface area contributed by atoms with Gasteiger partial charge in [-0.15, -0.1) is 0 Å². The summed E-state index contributed by atoms with van der Waals surface area (Å²) in [6.45, 7) is 2.39. The highest BCUT2D eigenvalue weighted by atomic mass is 16.5. The van der Waals surface area contributed by atoms with Crippen molar-refractivity contribution in [2.75, 3.05) is 19.7 Å². The van der Waals surface area contributed by atoms with Crippen molar-refractivity contribution >= 4 is 22.7 Å². The Morgan fingerprint density at radius 3 is 2.86 bits per heavy atom. The smallest absolute Gasteiger partial charge is 0.235 e. The fraction of sp³-hybridized carbons (Fsp3) is 0.476. The van der Waals surface area contributed by atoms with Crippen molar-refractivity contribution in [3.8, 4) is 11.8 Å². The van der Waals surface area contributed by atoms with Crippen LogP contribution in [0.2, 0.25) is 0 Å². The largest absolute Gasteiger partial charge is 0.365 e. The highest BCUT2D eigenvalue weighted by Crippen LogP contribution is 2.31. The van der Waals surface area contributed by atoms with Crippen LogP contribution in [0.3, 0.4) is 0 Å². The van der Waals surface area contributed by atoms with E-state index in [1.54, 1.807) is 4.68 Å². The van der Waals surface area contributed by atoms with Gasteiger partial charge in [0.25, 0.3) is 0 Å². The second kappa shape index (κ2) is 8.13. The first kappa shape index (κ1) is 18.7. The number of carbonyl (C=O) groups excluding carboxylic acids is 2. The molecule has 1 aromatic heterocycles. The molecule has 146 valence electrons. The topological polar surface area (TPSA) is 85.2 Å². The van der Waals surface area contributed by atoms with Crippen molar-refractivity contribution in [2.24, 2.45) is 7.05 Å². The lowest BCUT2D eigenvalue weighted by Gasteiger charge is -2.21. The number of ether oxygens (including phenoxy) is 1. The Balaban J connectivity index is 1.56. The number of hydrogen-bond donors (Lipinski definition) is 2. The van der Waals surface area contributed by atoms with Gasteiger partial charge in [-0.05, 0) is 38.4 Å². The van der Waals surface area contributed by atoms with Gasteiger partial charge in [0.15, 0.2) is 0 Å². The van der Waals surface area contributed by atoms with Crippen molar-refractivity contribution in [2.45, 2.75) is 37.7 Å². The van der Waals surface area contributed by atoms with E-state index in [0.717, 1.165) is 42.4 Å². The minimum absolute atomic E-state index is 0.221. The molecule has 1 atom stereocenters. The van der Waals surface area contributed by atoms with E-state index in [4.69, 9.17) is 4.74 Å². The lowest BCUT2D eigenvalue weighted by Crippen LogP contribution is -2.39. The minimum atomic E-state index is -0.409. The van der Waals surface area contributed by atoms with E-state index in [2.05, 4.69) is 27.6 Å². The summed E-state index contributed by atoms with van der Waals surface area (Å²) >= 11 is 0. The fourth-order valence-electron chi connectivity index (χ4n) is 3.93. The molecule has 2 fully saturated rings. The average Bonchev–Trinajstić information content (AvgIpc) is 3.03. The summed E-state index contributed by atoms with van der Waals surface area (Å²) in [4.78, 5) is 23.7. The molecule has 28 heavy (non-hydrogen) atoms. The van der Waals surface area contributed by atoms with Crippen LogP contribution in [0.15, 0.2) is 18.2 Å². The number of imide groups is 1. The molecule has 7 nitrogen and oxygen atoms in total. The summed E-state index contributed by atoms with van der Waals surface area (Å²) < 4.78 is 7.62. The molecular formula is C21H24N4O3. The Morgan fingerprint density at radius 1 is 1.25 bits per heavy atom. The van der Waals surface area contributed by atoms with Gasteiger partial charge in [0.05, 0.1) is 28.8 Å². The van der Waals surface area contributed by atoms with Gasteiger partial charge in [0.2, 0.25) is 11.8 Å². The van der Waals surface area contributed by atoms with Gasteiger partial charge in [-0.2, -0.15) is 5.10 Å². The highest BCUT2D eigenvalue weighted by Gasteiger charge is 2.31. The summed E-state index contributed by atoms with van der Waals surface area (Å²) in [6, 6.07) is 5.84. The van der Waals surface area contributed by atoms with Crippen LogP contribution in [0.1, 0.15) is 42.9 Å². The Labute approximate surface area is 163 Å². The van der Waals surface area contributed by atoms with Crippen LogP contribution >= 0.6 is 0 Å². The summed E-state index contributed by atoms with van der Waals surface area (Å²) in [5.74, 6) is 5.41. The third kappa shape index (κ3) is 3.79. The number of hydrogen-bond acceptors (Lipinski definition) is 5. The molecule has 1 unspecified atom stereocenters. The van der Waals surface area contributed by atoms with Gasteiger partial charge in [0, 0.05) is 18.9 Å². The first-order valence-corrected chi connectivity index (χ1v) is 9.74. The lowest BCUT2D eigenvalue weighted by molar-refractivity contribution is -0.134. The molecule has 2 aromatic rings. The van der Waals surface area contributed by atoms with Crippen LogP contribution in [-0.2, 0) is 21.4 Å². The summed E-state index contributed by atoms with van der Waals surface area (Å²) in [5, 5.41) is 11.2. The molecule has 2 N–H and O–H groups in total. The van der Waals surface area contributed by atoms with Crippen LogP contribution in [0, 0.1) is 11.8 Å². The van der Waals surface area contributed by atoms with E-state index >= 15 is 0 Å². The van der Waals surface area contributed by atoms with Gasteiger partial charge in [0.1, 0.15) is 6.61 Å². The van der Waals surface area contributed by atoms with Crippen molar-refractivity contribution in [3.63, 3.8) is 0 Å². The molecule has 2 saturated heterocycles. The molecular weight excluding hydrogens is 356 g/mol. The van der Waals surface area contributed by atoms with Gasteiger partial charge >= 0.3 is 0 Å². The number of para-hydroxylation sites is 1. The predicted molar refractivity (Wildman–Crippen MR) is 105 cm³/mol. The van der Waals surface area contributed by atoms with E-state index in [0.29, 0.717) is 25.1 Å². The van der Waals surface area contributed by atoms with Crippen LogP contribution in [-0.4, -0.2) is 47.4 Å². The lowest BCUT2D eigenvalue weighted by atomic mass is 9.92. The zero-order chi connectivity index (χ0) is 19.5. The number of piperidine rings is 2. The van der Waals surface area contributed by atoms with E-state index in [1.165, 1.54) is 0 Å². The van der Waals surface area contributed by atoms with Crippen molar-refractivity contribution in [1.29, 1.82) is 0 Å². The van der Waals surface area contributed by atoms with E-state index in [-0.39, 0.29) is 17.9 Å². The van der Waals surface area contributed by atoms with Crippen LogP contribution < -0.4 is 10.6 Å². The Kier molecular flexibility index (Phi) is 5.42. The fourth-order valence-corrected chi connectivity index (χ4v) is 3.93. The van der Waals surface area contributed by atoms with Crippen LogP contribution in [0.5, 0.6) is 0 Å². The average molecular weight is 380 g/mol. The van der Waals surface area contributed by atoms with Crippen LogP contribution in [0.4, 0.5) is 0 Å². The molecule has 2 amide bonds. The van der Waals surface area contributed by atoms with E-state index in [1.807, 2.05) is 25.2 Å². The predicted octanol–water partition coefficient (Wildman–Crippen LogP) is 1.21. The molecule has 2 aliphatic heterocycles. The summed E-state index contributed by atoms with van der Waals surface area (Å²) in [7, 11) is 1.86. The second-order valence-corrected chi connectivity index (χ2v) is 7.28. The summed E-state index contributed by atoms with van der Waals surface area (Å²) in [5.41, 5.74) is 2.47. The molecule has 1 aromatic carbocycles. The molecule has 2 aliphatic rings. The first-order valence-electron chi connectivity index (χ1n) is 9.74. The third-order valence-electron chi connectivity index (χ3n) is 5.36. The number of fused-ring (bicyclic) bond motifs is 1. The van der Waals surface area contributed by atoms with Crippen molar-refractivity contribution in [3.05, 3.63) is 29.5 Å². The quantitative estimate of drug-likeness (QED) is 0.618. The number of rotatable bonds is 3. The molecule has 7 heteroatoms. The molecule has 3 heterocycles. The Bertz CT molecular complexity index is 963. The zero-order valence-electron chi connectivity index (χ0n) is 16.0. The first-order chi connectivity index (χ1) is 13.6. The third-order valence-corrected chi connectivity index (χ3v) is 5.36. The highest BCUT2D eigenvalue weighted by molar-refractivity contribution is 6.02. The maximum Gasteiger partial charge on any atom is 0.235 e. The number of amides is 2. The number of carbonyl (C=O) groups is 2. The standard InChI is InChI=1S/C21H24N4O3/c1-25-20-14(5-3-13-28-15-9-11-22-12-10-15)4-2-6-16(20)19(24-25)17-7-8-18(26)23-21(17)27/h2,4,6,15,17,22H,7-13H2,1H3,(H,23,26,27). The molecule has 0 bridgehead atoms. The van der Waals surface area contributed by atoms with Gasteiger partial charge < -0.3 is 10.1 Å². The normalized spacial score (nSPS) is 20.7. The van der Waals surface area contributed by atoms with E-state index < -0.39 is 5.92 Å². The van der Waals surface area contributed by atoms with E-state index in [9.17, 15) is 9.59 Å². The molecule has 0 aliphatic carbocycles. The van der Waals surface area contributed by atoms with Crippen molar-refractivity contribution < 1.29 is 14.3 Å². The Hall–Kier alpha value is -2.69. The molecule has 0 spiro atoms. The number of aromatic nitrogens is 2. The molecule has 0 radical (unpaired) electrons. The number of nitrogens with zero attached hydrogens (tertiary/aromatic N) is 2. The minimum Gasteiger partial charge on any atom is -0.365 e. The SMILES string of the molecule is Cn1nc(C2CCC(=O)NC2=O)c2cccc(C#CCOC3CCNCC3)c21. The number of aryl methyl sites for hydroxylation is 1. The van der Waals surface area contributed by atoms with Crippen molar-refractivity contribution in [1.82, 2.24) is 20.4 Å². The van der Waals surface area contributed by atoms with Gasteiger partial charge in [-0.25, -0.2) is 0 Å². The van der Waals surface area contributed by atoms with Crippen LogP contribution in [0.25, 0.3) is 10.9 Å². The second-order valence-electron chi connectivity index (χ2n) is 7.28. The Morgan fingerprint density at radius 2 is 2.07 bits per heavy atom. The molecule has 4 rings (SSSR count). The van der Waals surface area contributed by atoms with Gasteiger partial charge in [-0.3, -0.25) is 19.6 Å². The number of nitrogens with one attached hydrogen (secondary N) is 2. The maximum absolute atomic E-state index is 12.3. The molecule has 0 saturated carbocycles. The summed E-state index contributed by atoms with van der Waals surface area (Å²) in [6.07, 6.45) is 3.14. The zero-order valence-corrected chi connectivity index (χ0v) is 16.0.